The van der Waals surface area contributed by atoms with Crippen molar-refractivity contribution in [1.29, 1.82) is 0 Å². The second-order valence-electron chi connectivity index (χ2n) is 12.2. The topological polar surface area (TPSA) is 84.3 Å². The highest BCUT2D eigenvalue weighted by molar-refractivity contribution is 6.74. The van der Waals surface area contributed by atoms with Crippen molar-refractivity contribution in [2.45, 2.75) is 77.2 Å². The van der Waals surface area contributed by atoms with Crippen LogP contribution in [0.2, 0.25) is 18.1 Å². The predicted molar refractivity (Wildman–Crippen MR) is 164 cm³/mol. The minimum absolute atomic E-state index is 0.0610. The summed E-state index contributed by atoms with van der Waals surface area (Å²) in [6.07, 6.45) is 9.99. The summed E-state index contributed by atoms with van der Waals surface area (Å²) < 4.78 is 17.0. The van der Waals surface area contributed by atoms with Crippen LogP contribution in [0.5, 0.6) is 5.75 Å². The third kappa shape index (κ3) is 7.23. The first-order valence-electron chi connectivity index (χ1n) is 14.2. The lowest BCUT2D eigenvalue weighted by Gasteiger charge is -2.39. The maximum Gasteiger partial charge on any atom is 0.268 e. The third-order valence-electron chi connectivity index (χ3n) is 8.09. The van der Waals surface area contributed by atoms with Crippen LogP contribution in [0.4, 0.5) is 0 Å². The van der Waals surface area contributed by atoms with Gasteiger partial charge in [-0.3, -0.25) is 4.79 Å². The van der Waals surface area contributed by atoms with Gasteiger partial charge in [-0.1, -0.05) is 51.1 Å². The number of rotatable bonds is 13. The molecule has 0 bridgehead atoms. The molecular weight excluding hydrogens is 516 g/mol. The zero-order valence-corrected chi connectivity index (χ0v) is 25.8. The van der Waals surface area contributed by atoms with E-state index in [1.807, 2.05) is 10.6 Å². The largest absolute Gasteiger partial charge is 0.494 e. The van der Waals surface area contributed by atoms with Crippen molar-refractivity contribution in [2.75, 3.05) is 6.61 Å². The number of imidazole rings is 1. The standard InChI is InChI=1S/C32H44N4O3Si/c1-32(2,3)40(5,6)39-30(36-22-28(31(33)37)34-23-36)16-10-15-25-21-35(4)29-18-17-26(20-27(25)29)38-19-11-14-24-12-8-7-9-13-24/h7-9,12-13,17-18,20-23,30H,10-11,14-16,19H2,1-6H3,(H2,33,37). The van der Waals surface area contributed by atoms with E-state index in [0.29, 0.717) is 6.61 Å². The Kier molecular flexibility index (Phi) is 9.21. The molecule has 8 heteroatoms. The predicted octanol–water partition coefficient (Wildman–Crippen LogP) is 7.03. The van der Waals surface area contributed by atoms with E-state index >= 15 is 0 Å². The molecule has 40 heavy (non-hydrogen) atoms. The van der Waals surface area contributed by atoms with E-state index in [-0.39, 0.29) is 17.0 Å². The Morgan fingerprint density at radius 1 is 1.05 bits per heavy atom. The van der Waals surface area contributed by atoms with Crippen LogP contribution >= 0.6 is 0 Å². The van der Waals surface area contributed by atoms with E-state index in [9.17, 15) is 4.79 Å². The molecule has 2 aromatic carbocycles. The number of primary amides is 1. The van der Waals surface area contributed by atoms with Crippen LogP contribution in [0.25, 0.3) is 10.9 Å². The molecule has 0 spiro atoms. The molecule has 0 aliphatic rings. The maximum absolute atomic E-state index is 11.7. The molecule has 1 atom stereocenters. The molecule has 2 N–H and O–H groups in total. The molecule has 0 saturated carbocycles. The molecule has 0 saturated heterocycles. The second kappa shape index (κ2) is 12.4. The number of hydrogen-bond donors (Lipinski definition) is 1. The Hall–Kier alpha value is -3.36. The van der Waals surface area contributed by atoms with Crippen molar-refractivity contribution >= 4 is 25.1 Å². The lowest BCUT2D eigenvalue weighted by molar-refractivity contribution is 0.0988. The van der Waals surface area contributed by atoms with Gasteiger partial charge in [-0.05, 0) is 79.6 Å². The molecule has 4 rings (SSSR count). The highest BCUT2D eigenvalue weighted by Gasteiger charge is 2.39. The number of aromatic nitrogens is 3. The molecule has 2 aromatic heterocycles. The summed E-state index contributed by atoms with van der Waals surface area (Å²) in [4.78, 5) is 15.9. The molecule has 0 aliphatic heterocycles. The Bertz CT molecular complexity index is 1420. The fraction of sp³-hybridized carbons (Fsp3) is 0.438. The first kappa shape index (κ1) is 29.6. The Balaban J connectivity index is 1.43. The van der Waals surface area contributed by atoms with Crippen molar-refractivity contribution < 1.29 is 14.0 Å². The number of amides is 1. The van der Waals surface area contributed by atoms with Crippen LogP contribution in [0.3, 0.4) is 0 Å². The molecule has 4 aromatic rings. The lowest BCUT2D eigenvalue weighted by Crippen LogP contribution is -2.42. The summed E-state index contributed by atoms with van der Waals surface area (Å²) in [7, 11) is 0.0213. The number of hydrogen-bond acceptors (Lipinski definition) is 4. The normalized spacial score (nSPS) is 13.1. The highest BCUT2D eigenvalue weighted by Crippen LogP contribution is 2.40. The monoisotopic (exact) mass is 560 g/mol. The van der Waals surface area contributed by atoms with Crippen LogP contribution in [0, 0.1) is 0 Å². The average molecular weight is 561 g/mol. The second-order valence-corrected chi connectivity index (χ2v) is 16.9. The molecule has 0 aliphatic carbocycles. The first-order chi connectivity index (χ1) is 18.9. The summed E-state index contributed by atoms with van der Waals surface area (Å²) in [6.45, 7) is 11.9. The quantitative estimate of drug-likeness (QED) is 0.141. The minimum Gasteiger partial charge on any atom is -0.494 e. The number of benzene rings is 2. The first-order valence-corrected chi connectivity index (χ1v) is 17.1. The molecule has 2 heterocycles. The Labute approximate surface area is 239 Å². The van der Waals surface area contributed by atoms with Gasteiger partial charge >= 0.3 is 0 Å². The number of nitrogens with zero attached hydrogens (tertiary/aromatic N) is 3. The van der Waals surface area contributed by atoms with Gasteiger partial charge in [0, 0.05) is 30.3 Å². The summed E-state index contributed by atoms with van der Waals surface area (Å²) in [5, 5.41) is 1.29. The Morgan fingerprint density at radius 3 is 2.48 bits per heavy atom. The van der Waals surface area contributed by atoms with Crippen molar-refractivity contribution in [1.82, 2.24) is 14.1 Å². The van der Waals surface area contributed by atoms with Gasteiger partial charge in [0.2, 0.25) is 0 Å². The molecule has 0 fully saturated rings. The van der Waals surface area contributed by atoms with E-state index < -0.39 is 14.2 Å². The van der Waals surface area contributed by atoms with Gasteiger partial charge in [0.1, 0.15) is 17.7 Å². The molecule has 214 valence electrons. The van der Waals surface area contributed by atoms with Gasteiger partial charge in [-0.15, -0.1) is 0 Å². The number of nitrogens with two attached hydrogens (primary N) is 1. The Morgan fingerprint density at radius 2 is 1.80 bits per heavy atom. The highest BCUT2D eigenvalue weighted by atomic mass is 28.4. The van der Waals surface area contributed by atoms with Crippen LogP contribution in [-0.4, -0.2) is 34.9 Å². The van der Waals surface area contributed by atoms with E-state index in [2.05, 4.69) is 99.1 Å². The van der Waals surface area contributed by atoms with Crippen LogP contribution in [0.1, 0.15) is 67.9 Å². The summed E-state index contributed by atoms with van der Waals surface area (Å²) in [6, 6.07) is 16.9. The van der Waals surface area contributed by atoms with Crippen molar-refractivity contribution in [3.8, 4) is 5.75 Å². The van der Waals surface area contributed by atoms with Crippen molar-refractivity contribution in [2.24, 2.45) is 12.8 Å². The number of carbonyl (C=O) groups is 1. The van der Waals surface area contributed by atoms with Gasteiger partial charge in [0.15, 0.2) is 8.32 Å². The zero-order chi connectivity index (χ0) is 28.9. The fourth-order valence-electron chi connectivity index (χ4n) is 4.73. The lowest BCUT2D eigenvalue weighted by atomic mass is 10.1. The van der Waals surface area contributed by atoms with Crippen molar-refractivity contribution in [3.05, 3.63) is 84.1 Å². The smallest absolute Gasteiger partial charge is 0.268 e. The van der Waals surface area contributed by atoms with Crippen LogP contribution < -0.4 is 10.5 Å². The summed E-state index contributed by atoms with van der Waals surface area (Å²) in [5.74, 6) is 0.378. The van der Waals surface area contributed by atoms with E-state index in [1.54, 1.807) is 12.5 Å². The number of fused-ring (bicyclic) bond motifs is 1. The van der Waals surface area contributed by atoms with Crippen LogP contribution in [0.15, 0.2) is 67.3 Å². The minimum atomic E-state index is -2.07. The molecule has 0 radical (unpaired) electrons. The zero-order valence-electron chi connectivity index (χ0n) is 24.8. The molecule has 7 nitrogen and oxygen atoms in total. The summed E-state index contributed by atoms with van der Waals surface area (Å²) >= 11 is 0. The van der Waals surface area contributed by atoms with Crippen molar-refractivity contribution in [3.63, 3.8) is 0 Å². The fourth-order valence-corrected chi connectivity index (χ4v) is 6.00. The van der Waals surface area contributed by atoms with Gasteiger partial charge in [0.25, 0.3) is 5.91 Å². The molecule has 1 unspecified atom stereocenters. The van der Waals surface area contributed by atoms with Gasteiger partial charge in [0.05, 0.1) is 12.9 Å². The number of aryl methyl sites for hydroxylation is 3. The summed E-state index contributed by atoms with van der Waals surface area (Å²) in [5.41, 5.74) is 9.56. The number of carbonyl (C=O) groups excluding carboxylic acids is 1. The number of ether oxygens (including phenoxy) is 1. The molecule has 1 amide bonds. The van der Waals surface area contributed by atoms with Gasteiger partial charge in [-0.2, -0.15) is 0 Å². The van der Waals surface area contributed by atoms with E-state index in [1.165, 1.54) is 22.0 Å². The molecular formula is C32H44N4O3Si. The van der Waals surface area contributed by atoms with Gasteiger partial charge < -0.3 is 24.0 Å². The SMILES string of the molecule is Cn1cc(CCCC(O[Si](C)(C)C(C)(C)C)n2cnc(C(N)=O)c2)c2cc(OCCCc3ccccc3)ccc21. The van der Waals surface area contributed by atoms with Gasteiger partial charge in [-0.25, -0.2) is 4.98 Å². The third-order valence-corrected chi connectivity index (χ3v) is 12.6. The van der Waals surface area contributed by atoms with E-state index in [0.717, 1.165) is 37.9 Å². The maximum atomic E-state index is 11.7. The van der Waals surface area contributed by atoms with E-state index in [4.69, 9.17) is 14.9 Å². The average Bonchev–Trinajstić information content (AvgIpc) is 3.51. The van der Waals surface area contributed by atoms with Crippen LogP contribution in [-0.2, 0) is 24.3 Å².